The van der Waals surface area contributed by atoms with Crippen molar-refractivity contribution in [3.05, 3.63) is 30.3 Å². The third kappa shape index (κ3) is 5.39. The van der Waals surface area contributed by atoms with E-state index in [0.29, 0.717) is 39.0 Å². The van der Waals surface area contributed by atoms with E-state index in [2.05, 4.69) is 31.0 Å². The highest BCUT2D eigenvalue weighted by molar-refractivity contribution is 5.96. The van der Waals surface area contributed by atoms with E-state index in [-0.39, 0.29) is 35.7 Å². The molecular weight excluding hydrogens is 428 g/mol. The Morgan fingerprint density at radius 1 is 1.03 bits per heavy atom. The normalized spacial score (nSPS) is 21.3. The lowest BCUT2D eigenvalue weighted by Gasteiger charge is -2.43. The molecule has 1 N–H and O–H groups in total. The van der Waals surface area contributed by atoms with Crippen molar-refractivity contribution in [3.63, 3.8) is 0 Å². The van der Waals surface area contributed by atoms with E-state index in [1.54, 1.807) is 4.90 Å². The predicted molar refractivity (Wildman–Crippen MR) is 133 cm³/mol. The van der Waals surface area contributed by atoms with Crippen LogP contribution in [0, 0.1) is 5.41 Å². The fourth-order valence-corrected chi connectivity index (χ4v) is 5.71. The van der Waals surface area contributed by atoms with Gasteiger partial charge < -0.3 is 20.0 Å². The van der Waals surface area contributed by atoms with E-state index in [1.807, 2.05) is 35.2 Å². The van der Waals surface area contributed by atoms with Crippen molar-refractivity contribution in [3.8, 4) is 0 Å². The van der Waals surface area contributed by atoms with Crippen LogP contribution in [0.4, 0.5) is 5.69 Å². The van der Waals surface area contributed by atoms with Gasteiger partial charge in [0.2, 0.25) is 11.8 Å². The number of nitrogens with one attached hydrogen (secondary N) is 1. The van der Waals surface area contributed by atoms with Crippen molar-refractivity contribution >= 4 is 23.4 Å². The summed E-state index contributed by atoms with van der Waals surface area (Å²) in [6.07, 6.45) is 7.27. The number of anilines is 1. The summed E-state index contributed by atoms with van der Waals surface area (Å²) in [5, 5.41) is 3.15. The number of nitrogens with zero attached hydrogens (tertiary/aromatic N) is 3. The average molecular weight is 469 g/mol. The van der Waals surface area contributed by atoms with Crippen molar-refractivity contribution in [2.24, 2.45) is 5.41 Å². The molecule has 1 spiro atoms. The van der Waals surface area contributed by atoms with Crippen LogP contribution in [0.25, 0.3) is 0 Å². The average Bonchev–Trinajstić information content (AvgIpc) is 3.05. The Balaban J connectivity index is 1.47. The molecule has 0 aromatic heterocycles. The van der Waals surface area contributed by atoms with Crippen LogP contribution in [0.3, 0.4) is 0 Å². The lowest BCUT2D eigenvalue weighted by atomic mass is 9.84. The minimum absolute atomic E-state index is 0.0121. The molecule has 0 unspecified atom stereocenters. The molecule has 0 bridgehead atoms. The standard InChI is InChI=1S/C27H40N4O3/c1-26(2,3)18-24(33)29-16-14-27(15-17-29)25(34)30(20-31(27)22-12-8-5-9-13-22)19-23(32)28-21-10-6-4-7-11-21/h5,8-9,12-13,21H,4,6-7,10-11,14-20H2,1-3H3,(H,28,32). The van der Waals surface area contributed by atoms with Gasteiger partial charge in [0.25, 0.3) is 5.91 Å². The largest absolute Gasteiger partial charge is 0.352 e. The molecule has 1 aliphatic carbocycles. The third-order valence-electron chi connectivity index (χ3n) is 7.51. The maximum Gasteiger partial charge on any atom is 0.250 e. The number of likely N-dealkylation sites (tertiary alicyclic amines) is 1. The lowest BCUT2D eigenvalue weighted by molar-refractivity contribution is -0.140. The van der Waals surface area contributed by atoms with Crippen LogP contribution in [-0.2, 0) is 14.4 Å². The van der Waals surface area contributed by atoms with Gasteiger partial charge in [-0.3, -0.25) is 14.4 Å². The van der Waals surface area contributed by atoms with E-state index in [4.69, 9.17) is 0 Å². The van der Waals surface area contributed by atoms with E-state index in [0.717, 1.165) is 31.4 Å². The van der Waals surface area contributed by atoms with Crippen molar-refractivity contribution in [2.75, 3.05) is 31.2 Å². The fourth-order valence-electron chi connectivity index (χ4n) is 5.71. The van der Waals surface area contributed by atoms with Gasteiger partial charge in [-0.25, -0.2) is 0 Å². The van der Waals surface area contributed by atoms with Crippen LogP contribution in [0.1, 0.15) is 72.1 Å². The minimum Gasteiger partial charge on any atom is -0.352 e. The topological polar surface area (TPSA) is 73.0 Å². The number of amides is 3. The van der Waals surface area contributed by atoms with Gasteiger partial charge in [0, 0.05) is 31.2 Å². The van der Waals surface area contributed by atoms with Crippen LogP contribution < -0.4 is 10.2 Å². The summed E-state index contributed by atoms with van der Waals surface area (Å²) in [6.45, 7) is 7.83. The number of hydrogen-bond acceptors (Lipinski definition) is 4. The molecule has 7 nitrogen and oxygen atoms in total. The third-order valence-corrected chi connectivity index (χ3v) is 7.51. The monoisotopic (exact) mass is 468 g/mol. The first kappa shape index (κ1) is 24.6. The molecule has 34 heavy (non-hydrogen) atoms. The SMILES string of the molecule is CC(C)(C)CC(=O)N1CCC2(CC1)C(=O)N(CC(=O)NC1CCCCC1)CN2c1ccccc1. The number of hydrogen-bond donors (Lipinski definition) is 1. The molecular formula is C27H40N4O3. The Labute approximate surface area is 203 Å². The molecule has 2 saturated heterocycles. The van der Waals surface area contributed by atoms with Gasteiger partial charge in [-0.1, -0.05) is 58.2 Å². The van der Waals surface area contributed by atoms with Crippen LogP contribution in [0.15, 0.2) is 30.3 Å². The van der Waals surface area contributed by atoms with E-state index in [9.17, 15) is 14.4 Å². The van der Waals surface area contributed by atoms with Gasteiger partial charge in [0.15, 0.2) is 0 Å². The summed E-state index contributed by atoms with van der Waals surface area (Å²) < 4.78 is 0. The fraction of sp³-hybridized carbons (Fsp3) is 0.667. The molecule has 0 atom stereocenters. The molecule has 1 aromatic rings. The van der Waals surface area contributed by atoms with E-state index < -0.39 is 5.54 Å². The highest BCUT2D eigenvalue weighted by atomic mass is 16.2. The van der Waals surface area contributed by atoms with Crippen LogP contribution >= 0.6 is 0 Å². The first-order valence-electron chi connectivity index (χ1n) is 12.9. The van der Waals surface area contributed by atoms with Gasteiger partial charge in [-0.15, -0.1) is 0 Å². The zero-order valence-corrected chi connectivity index (χ0v) is 21.0. The summed E-state index contributed by atoms with van der Waals surface area (Å²) in [6, 6.07) is 10.2. The second-order valence-electron chi connectivity index (χ2n) is 11.5. The van der Waals surface area contributed by atoms with Gasteiger partial charge in [0.1, 0.15) is 12.1 Å². The minimum atomic E-state index is -0.703. The first-order chi connectivity index (χ1) is 16.2. The molecule has 186 valence electrons. The Morgan fingerprint density at radius 3 is 2.29 bits per heavy atom. The summed E-state index contributed by atoms with van der Waals surface area (Å²) >= 11 is 0. The van der Waals surface area contributed by atoms with Crippen molar-refractivity contribution < 1.29 is 14.4 Å². The highest BCUT2D eigenvalue weighted by Crippen LogP contribution is 2.39. The number of para-hydroxylation sites is 1. The number of carbonyl (C=O) groups excluding carboxylic acids is 3. The van der Waals surface area contributed by atoms with Crippen molar-refractivity contribution in [2.45, 2.75) is 83.7 Å². The Kier molecular flexibility index (Phi) is 7.20. The second-order valence-corrected chi connectivity index (χ2v) is 11.5. The van der Waals surface area contributed by atoms with Crippen LogP contribution in [-0.4, -0.2) is 65.4 Å². The highest BCUT2D eigenvalue weighted by Gasteiger charge is 2.54. The molecule has 0 radical (unpaired) electrons. The molecule has 2 aliphatic heterocycles. The van der Waals surface area contributed by atoms with E-state index >= 15 is 0 Å². The summed E-state index contributed by atoms with van der Waals surface area (Å²) in [4.78, 5) is 45.2. The van der Waals surface area contributed by atoms with Crippen LogP contribution in [0.2, 0.25) is 0 Å². The zero-order chi connectivity index (χ0) is 24.3. The van der Waals surface area contributed by atoms with Crippen molar-refractivity contribution in [1.29, 1.82) is 0 Å². The quantitative estimate of drug-likeness (QED) is 0.718. The predicted octanol–water partition coefficient (Wildman–Crippen LogP) is 3.54. The number of rotatable bonds is 5. The Morgan fingerprint density at radius 2 is 1.68 bits per heavy atom. The smallest absolute Gasteiger partial charge is 0.250 e. The number of benzene rings is 1. The molecule has 3 amide bonds. The van der Waals surface area contributed by atoms with Gasteiger partial charge in [-0.2, -0.15) is 0 Å². The Bertz CT molecular complexity index is 881. The maximum absolute atomic E-state index is 13.8. The lowest BCUT2D eigenvalue weighted by Crippen LogP contribution is -2.57. The first-order valence-corrected chi connectivity index (χ1v) is 12.9. The maximum atomic E-state index is 13.8. The molecule has 2 heterocycles. The van der Waals surface area contributed by atoms with Gasteiger partial charge >= 0.3 is 0 Å². The Hall–Kier alpha value is -2.57. The zero-order valence-electron chi connectivity index (χ0n) is 21.0. The van der Waals surface area contributed by atoms with Crippen molar-refractivity contribution in [1.82, 2.24) is 15.1 Å². The summed E-state index contributed by atoms with van der Waals surface area (Å²) in [5.74, 6) is 0.101. The summed E-state index contributed by atoms with van der Waals surface area (Å²) in [5.41, 5.74) is 0.222. The molecule has 7 heteroatoms. The number of carbonyl (C=O) groups is 3. The van der Waals surface area contributed by atoms with E-state index in [1.165, 1.54) is 6.42 Å². The molecule has 3 fully saturated rings. The van der Waals surface area contributed by atoms with Crippen LogP contribution in [0.5, 0.6) is 0 Å². The summed E-state index contributed by atoms with van der Waals surface area (Å²) in [7, 11) is 0. The van der Waals surface area contributed by atoms with Gasteiger partial charge in [-0.05, 0) is 43.2 Å². The molecule has 1 saturated carbocycles. The number of piperidine rings is 1. The molecule has 4 rings (SSSR count). The molecule has 1 aromatic carbocycles. The molecule has 3 aliphatic rings. The second kappa shape index (κ2) is 9.96. The van der Waals surface area contributed by atoms with Gasteiger partial charge in [0.05, 0.1) is 6.67 Å².